The van der Waals surface area contributed by atoms with Crippen LogP contribution in [0.1, 0.15) is 23.5 Å². The molecule has 1 aromatic carbocycles. The van der Waals surface area contributed by atoms with Crippen LogP contribution in [0.5, 0.6) is 5.75 Å². The normalized spacial score (nSPS) is 20.5. The fourth-order valence-corrected chi connectivity index (χ4v) is 6.60. The molecule has 0 spiro atoms. The number of H-pyrrole nitrogens is 1. The molecule has 164 valence electrons. The summed E-state index contributed by atoms with van der Waals surface area (Å²) in [4.78, 5) is 35.5. The van der Waals surface area contributed by atoms with Crippen molar-refractivity contribution < 1.29 is 4.74 Å². The summed E-state index contributed by atoms with van der Waals surface area (Å²) in [6.45, 7) is 3.02. The molecule has 4 heterocycles. The summed E-state index contributed by atoms with van der Waals surface area (Å²) < 4.78 is 8.40. The van der Waals surface area contributed by atoms with Crippen LogP contribution in [0.3, 0.4) is 0 Å². The summed E-state index contributed by atoms with van der Waals surface area (Å²) in [5.74, 6) is 2.09. The Balaban J connectivity index is 1.25. The second-order valence-corrected chi connectivity index (χ2v) is 9.79. The summed E-state index contributed by atoms with van der Waals surface area (Å²) in [5, 5.41) is 0. The zero-order chi connectivity index (χ0) is 21.8. The van der Waals surface area contributed by atoms with Crippen LogP contribution in [0, 0.1) is 5.92 Å². The number of nitrogens with one attached hydrogen (secondary N) is 1. The lowest BCUT2D eigenvalue weighted by Crippen LogP contribution is -2.38. The van der Waals surface area contributed by atoms with Gasteiger partial charge < -0.3 is 14.6 Å². The van der Waals surface area contributed by atoms with Crippen LogP contribution in [-0.2, 0) is 13.0 Å². The van der Waals surface area contributed by atoms with E-state index in [0.717, 1.165) is 36.4 Å². The van der Waals surface area contributed by atoms with E-state index in [-0.39, 0.29) is 11.2 Å². The number of pyridine rings is 1. The Morgan fingerprint density at radius 3 is 2.97 bits per heavy atom. The standard InChI is InChI=1S/C24H24N4O3S/c1-31-18-5-2-4-15-16(18)8-7-14-12-27(13-17(14)15)10-11-28-23(29)22-21(26-24(28)30)20-19(32-22)6-3-9-25-20/h2-6,9,14,17H,7-8,10-13H2,1H3,(H,26,30). The maximum absolute atomic E-state index is 13.1. The van der Waals surface area contributed by atoms with Crippen molar-refractivity contribution in [2.45, 2.75) is 25.3 Å². The van der Waals surface area contributed by atoms with E-state index >= 15 is 0 Å². The molecule has 1 fully saturated rings. The first-order valence-corrected chi connectivity index (χ1v) is 11.8. The zero-order valence-electron chi connectivity index (χ0n) is 17.8. The second-order valence-electron chi connectivity index (χ2n) is 8.74. The number of benzene rings is 1. The summed E-state index contributed by atoms with van der Waals surface area (Å²) >= 11 is 1.39. The third kappa shape index (κ3) is 3.01. The van der Waals surface area contributed by atoms with Crippen LogP contribution in [0.25, 0.3) is 20.4 Å². The Hall–Kier alpha value is -2.97. The first-order valence-electron chi connectivity index (χ1n) is 11.0. The zero-order valence-corrected chi connectivity index (χ0v) is 18.7. The summed E-state index contributed by atoms with van der Waals surface area (Å²) in [6, 6.07) is 10.1. The van der Waals surface area contributed by atoms with Crippen molar-refractivity contribution in [1.29, 1.82) is 0 Å². The second kappa shape index (κ2) is 7.56. The number of methoxy groups -OCH3 is 1. The molecule has 32 heavy (non-hydrogen) atoms. The number of aromatic nitrogens is 3. The van der Waals surface area contributed by atoms with Gasteiger partial charge in [0.05, 0.1) is 17.3 Å². The van der Waals surface area contributed by atoms with Gasteiger partial charge in [-0.05, 0) is 48.1 Å². The van der Waals surface area contributed by atoms with Gasteiger partial charge in [-0.15, -0.1) is 11.3 Å². The van der Waals surface area contributed by atoms with Gasteiger partial charge in [0.15, 0.2) is 0 Å². The smallest absolute Gasteiger partial charge is 0.328 e. The Bertz CT molecular complexity index is 1450. The molecule has 0 amide bonds. The van der Waals surface area contributed by atoms with Crippen LogP contribution >= 0.6 is 11.3 Å². The number of aromatic amines is 1. The molecule has 4 aromatic rings. The van der Waals surface area contributed by atoms with Crippen molar-refractivity contribution in [3.05, 3.63) is 68.5 Å². The highest BCUT2D eigenvalue weighted by Gasteiger charge is 2.38. The lowest BCUT2D eigenvalue weighted by molar-refractivity contribution is 0.303. The molecule has 6 rings (SSSR count). The van der Waals surface area contributed by atoms with E-state index in [1.54, 1.807) is 13.3 Å². The quantitative estimate of drug-likeness (QED) is 0.519. The minimum Gasteiger partial charge on any atom is -0.496 e. The number of fused-ring (bicyclic) bond motifs is 6. The molecule has 0 saturated carbocycles. The topological polar surface area (TPSA) is 80.2 Å². The molecule has 1 N–H and O–H groups in total. The number of likely N-dealkylation sites (tertiary alicyclic amines) is 1. The Morgan fingerprint density at radius 1 is 1.19 bits per heavy atom. The van der Waals surface area contributed by atoms with Crippen LogP contribution < -0.4 is 16.0 Å². The molecule has 1 aliphatic carbocycles. The fourth-order valence-electron chi connectivity index (χ4n) is 5.54. The molecule has 2 aliphatic rings. The van der Waals surface area contributed by atoms with Gasteiger partial charge in [0.2, 0.25) is 0 Å². The van der Waals surface area contributed by atoms with Crippen LogP contribution in [0.4, 0.5) is 0 Å². The molecule has 0 bridgehead atoms. The molecule has 2 unspecified atom stereocenters. The van der Waals surface area contributed by atoms with Gasteiger partial charge in [0, 0.05) is 38.3 Å². The Labute approximate surface area is 188 Å². The van der Waals surface area contributed by atoms with Gasteiger partial charge in [-0.1, -0.05) is 12.1 Å². The highest BCUT2D eigenvalue weighted by atomic mass is 32.1. The van der Waals surface area contributed by atoms with Crippen LogP contribution in [0.2, 0.25) is 0 Å². The largest absolute Gasteiger partial charge is 0.496 e. The molecule has 1 aliphatic heterocycles. The van der Waals surface area contributed by atoms with Crippen LogP contribution in [0.15, 0.2) is 46.1 Å². The van der Waals surface area contributed by atoms with Gasteiger partial charge in [0.25, 0.3) is 5.56 Å². The van der Waals surface area contributed by atoms with Gasteiger partial charge in [-0.25, -0.2) is 4.79 Å². The van der Waals surface area contributed by atoms with Gasteiger partial charge >= 0.3 is 5.69 Å². The van der Waals surface area contributed by atoms with Crippen molar-refractivity contribution in [2.24, 2.45) is 5.92 Å². The maximum Gasteiger partial charge on any atom is 0.328 e. The van der Waals surface area contributed by atoms with Crippen molar-refractivity contribution in [3.63, 3.8) is 0 Å². The summed E-state index contributed by atoms with van der Waals surface area (Å²) in [6.07, 6.45) is 3.87. The summed E-state index contributed by atoms with van der Waals surface area (Å²) in [5.41, 5.74) is 3.39. The van der Waals surface area contributed by atoms with Crippen molar-refractivity contribution in [2.75, 3.05) is 26.7 Å². The number of rotatable bonds is 4. The predicted octanol–water partition coefficient (Wildman–Crippen LogP) is 2.97. The van der Waals surface area contributed by atoms with E-state index in [1.807, 2.05) is 18.2 Å². The molecule has 7 nitrogen and oxygen atoms in total. The number of thiophene rings is 1. The molecular weight excluding hydrogens is 424 g/mol. The highest BCUT2D eigenvalue weighted by Crippen LogP contribution is 2.43. The average Bonchev–Trinajstić information content (AvgIpc) is 3.40. The van der Waals surface area contributed by atoms with E-state index in [9.17, 15) is 9.59 Å². The van der Waals surface area contributed by atoms with Crippen molar-refractivity contribution in [1.82, 2.24) is 19.4 Å². The third-order valence-electron chi connectivity index (χ3n) is 7.07. The average molecular weight is 449 g/mol. The Morgan fingerprint density at radius 2 is 2.09 bits per heavy atom. The number of hydrogen-bond donors (Lipinski definition) is 1. The molecular formula is C24H24N4O3S. The van der Waals surface area contributed by atoms with E-state index in [4.69, 9.17) is 4.74 Å². The minimum absolute atomic E-state index is 0.224. The lowest BCUT2D eigenvalue weighted by Gasteiger charge is -2.28. The molecule has 1 saturated heterocycles. The van der Waals surface area contributed by atoms with E-state index < -0.39 is 0 Å². The molecule has 2 atom stereocenters. The van der Waals surface area contributed by atoms with E-state index in [2.05, 4.69) is 27.0 Å². The monoisotopic (exact) mass is 448 g/mol. The van der Waals surface area contributed by atoms with Crippen molar-refractivity contribution in [3.8, 4) is 5.75 Å². The third-order valence-corrected chi connectivity index (χ3v) is 8.21. The predicted molar refractivity (Wildman–Crippen MR) is 126 cm³/mol. The highest BCUT2D eigenvalue weighted by molar-refractivity contribution is 7.25. The van der Waals surface area contributed by atoms with Crippen LogP contribution in [-0.4, -0.2) is 46.2 Å². The minimum atomic E-state index is -0.362. The summed E-state index contributed by atoms with van der Waals surface area (Å²) in [7, 11) is 1.74. The first-order chi connectivity index (χ1) is 15.6. The number of hydrogen-bond acceptors (Lipinski definition) is 6. The SMILES string of the molecule is COc1cccc2c1CCC1CN(CCn3c(=O)[nH]c4c(sc5cccnc54)c3=O)CC21. The number of nitrogens with zero attached hydrogens (tertiary/aromatic N) is 3. The van der Waals surface area contributed by atoms with Crippen molar-refractivity contribution >= 4 is 31.8 Å². The maximum atomic E-state index is 13.1. The van der Waals surface area contributed by atoms with E-state index in [1.165, 1.54) is 27.0 Å². The van der Waals surface area contributed by atoms with Gasteiger partial charge in [-0.3, -0.25) is 14.3 Å². The Kier molecular flexibility index (Phi) is 4.66. The number of ether oxygens (including phenoxy) is 1. The van der Waals surface area contributed by atoms with Gasteiger partial charge in [-0.2, -0.15) is 0 Å². The van der Waals surface area contributed by atoms with E-state index in [0.29, 0.717) is 40.7 Å². The molecule has 0 radical (unpaired) electrons. The lowest BCUT2D eigenvalue weighted by atomic mass is 9.77. The fraction of sp³-hybridized carbons (Fsp3) is 0.375. The molecule has 8 heteroatoms. The molecule has 3 aromatic heterocycles. The first kappa shape index (κ1) is 19.7. The van der Waals surface area contributed by atoms with Gasteiger partial charge in [0.1, 0.15) is 16.0 Å².